The molecular weight excluding hydrogens is 364 g/mol. The van der Waals surface area contributed by atoms with E-state index in [0.29, 0.717) is 30.3 Å². The van der Waals surface area contributed by atoms with Gasteiger partial charge in [0.2, 0.25) is 0 Å². The van der Waals surface area contributed by atoms with Crippen molar-refractivity contribution < 1.29 is 14.3 Å². The molecule has 29 heavy (non-hydrogen) atoms. The molecule has 0 atom stereocenters. The summed E-state index contributed by atoms with van der Waals surface area (Å²) in [5, 5.41) is 4.21. The summed E-state index contributed by atoms with van der Waals surface area (Å²) in [7, 11) is 0. The van der Waals surface area contributed by atoms with Crippen LogP contribution in [0.1, 0.15) is 48.3 Å². The molecule has 0 fully saturated rings. The summed E-state index contributed by atoms with van der Waals surface area (Å²) in [6, 6.07) is 15.9. The zero-order valence-electron chi connectivity index (χ0n) is 17.0. The normalized spacial score (nSPS) is 11.2. The Morgan fingerprint density at radius 1 is 1.10 bits per heavy atom. The number of ketones is 1. The lowest BCUT2D eigenvalue weighted by Gasteiger charge is -2.12. The second-order valence-corrected chi connectivity index (χ2v) is 6.91. The highest BCUT2D eigenvalue weighted by molar-refractivity contribution is 6.06. The third kappa shape index (κ3) is 5.57. The van der Waals surface area contributed by atoms with Crippen LogP contribution in [0.2, 0.25) is 0 Å². The van der Waals surface area contributed by atoms with E-state index in [0.717, 1.165) is 11.1 Å². The van der Waals surface area contributed by atoms with Crippen LogP contribution in [0.25, 0.3) is 6.08 Å². The van der Waals surface area contributed by atoms with Gasteiger partial charge >= 0.3 is 0 Å². The molecule has 0 amide bonds. The molecule has 0 aliphatic rings. The second kappa shape index (κ2) is 9.73. The molecule has 0 saturated carbocycles. The lowest BCUT2D eigenvalue weighted by molar-refractivity contribution is 0.104. The number of hydrogen-bond acceptors (Lipinski definition) is 4. The molecule has 0 N–H and O–H groups in total. The van der Waals surface area contributed by atoms with Crippen molar-refractivity contribution in [2.75, 3.05) is 6.61 Å². The fourth-order valence-corrected chi connectivity index (χ4v) is 2.77. The summed E-state index contributed by atoms with van der Waals surface area (Å²) in [5.41, 5.74) is 2.53. The number of carbonyl (C=O) groups is 1. The van der Waals surface area contributed by atoms with Gasteiger partial charge in [-0.3, -0.25) is 9.48 Å². The van der Waals surface area contributed by atoms with Crippen LogP contribution in [0.15, 0.2) is 67.0 Å². The quantitative estimate of drug-likeness (QED) is 0.366. The molecule has 0 spiro atoms. The van der Waals surface area contributed by atoms with Gasteiger partial charge in [-0.2, -0.15) is 5.10 Å². The molecule has 0 bridgehead atoms. The van der Waals surface area contributed by atoms with Gasteiger partial charge < -0.3 is 9.47 Å². The third-order valence-corrected chi connectivity index (χ3v) is 4.35. The van der Waals surface area contributed by atoms with Crippen LogP contribution in [0.5, 0.6) is 11.5 Å². The van der Waals surface area contributed by atoms with Crippen molar-refractivity contribution in [1.29, 1.82) is 0 Å². The van der Waals surface area contributed by atoms with Crippen molar-refractivity contribution in [2.45, 2.75) is 33.4 Å². The van der Waals surface area contributed by atoms with Crippen LogP contribution in [-0.4, -0.2) is 22.2 Å². The molecule has 0 unspecified atom stereocenters. The van der Waals surface area contributed by atoms with Crippen LogP contribution in [0.3, 0.4) is 0 Å². The van der Waals surface area contributed by atoms with Crippen LogP contribution >= 0.6 is 0 Å². The number of ether oxygens (including phenoxy) is 2. The lowest BCUT2D eigenvalue weighted by Crippen LogP contribution is -2.00. The first-order valence-electron chi connectivity index (χ1n) is 9.77. The Labute approximate surface area is 171 Å². The van der Waals surface area contributed by atoms with Gasteiger partial charge in [-0.25, -0.2) is 0 Å². The number of benzene rings is 2. The Hall–Kier alpha value is -3.34. The number of carbonyl (C=O) groups excluding carboxylic acids is 1. The summed E-state index contributed by atoms with van der Waals surface area (Å²) in [6.07, 6.45) is 6.69. The van der Waals surface area contributed by atoms with Crippen molar-refractivity contribution in [3.05, 3.63) is 83.7 Å². The van der Waals surface area contributed by atoms with Crippen molar-refractivity contribution in [2.24, 2.45) is 0 Å². The molecule has 3 aromatic rings. The zero-order valence-corrected chi connectivity index (χ0v) is 17.0. The minimum Gasteiger partial charge on any atom is -0.490 e. The predicted octanol–water partition coefficient (Wildman–Crippen LogP) is 5.34. The van der Waals surface area contributed by atoms with E-state index in [9.17, 15) is 4.79 Å². The van der Waals surface area contributed by atoms with Gasteiger partial charge in [0.1, 0.15) is 6.61 Å². The molecule has 0 aliphatic heterocycles. The van der Waals surface area contributed by atoms with Crippen molar-refractivity contribution in [3.63, 3.8) is 0 Å². The number of rotatable bonds is 9. The van der Waals surface area contributed by atoms with Crippen LogP contribution in [0.4, 0.5) is 0 Å². The highest BCUT2D eigenvalue weighted by atomic mass is 16.5. The maximum absolute atomic E-state index is 12.4. The maximum atomic E-state index is 12.4. The van der Waals surface area contributed by atoms with Gasteiger partial charge in [0.05, 0.1) is 18.4 Å². The summed E-state index contributed by atoms with van der Waals surface area (Å²) < 4.78 is 13.4. The van der Waals surface area contributed by atoms with Crippen LogP contribution in [0, 0.1) is 0 Å². The van der Waals surface area contributed by atoms with Gasteiger partial charge in [-0.15, -0.1) is 0 Å². The van der Waals surface area contributed by atoms with E-state index in [4.69, 9.17) is 9.47 Å². The van der Waals surface area contributed by atoms with E-state index in [1.165, 1.54) is 0 Å². The SMILES string of the molecule is CCOc1cc(C=CC(=O)c2cnn(C(C)C)c2)ccc1OCc1ccccc1. The van der Waals surface area contributed by atoms with Crippen molar-refractivity contribution in [1.82, 2.24) is 9.78 Å². The third-order valence-electron chi connectivity index (χ3n) is 4.35. The summed E-state index contributed by atoms with van der Waals surface area (Å²) >= 11 is 0. The summed E-state index contributed by atoms with van der Waals surface area (Å²) in [5.74, 6) is 1.25. The molecule has 2 aromatic carbocycles. The van der Waals surface area contributed by atoms with E-state index in [2.05, 4.69) is 5.10 Å². The largest absolute Gasteiger partial charge is 0.490 e. The van der Waals surface area contributed by atoms with Gasteiger partial charge in [0.15, 0.2) is 17.3 Å². The van der Waals surface area contributed by atoms with Gasteiger partial charge in [-0.1, -0.05) is 42.5 Å². The number of hydrogen-bond donors (Lipinski definition) is 0. The van der Waals surface area contributed by atoms with Gasteiger partial charge in [-0.05, 0) is 50.1 Å². The van der Waals surface area contributed by atoms with Crippen LogP contribution < -0.4 is 9.47 Å². The van der Waals surface area contributed by atoms with E-state index in [-0.39, 0.29) is 11.8 Å². The molecule has 150 valence electrons. The van der Waals surface area contributed by atoms with Crippen LogP contribution in [-0.2, 0) is 6.61 Å². The topological polar surface area (TPSA) is 53.3 Å². The minimum atomic E-state index is -0.0840. The first kappa shape index (κ1) is 20.4. The molecule has 5 heteroatoms. The highest BCUT2D eigenvalue weighted by Gasteiger charge is 2.09. The smallest absolute Gasteiger partial charge is 0.189 e. The fourth-order valence-electron chi connectivity index (χ4n) is 2.77. The monoisotopic (exact) mass is 390 g/mol. The molecule has 3 rings (SSSR count). The van der Waals surface area contributed by atoms with Gasteiger partial charge in [0, 0.05) is 12.2 Å². The second-order valence-electron chi connectivity index (χ2n) is 6.91. The van der Waals surface area contributed by atoms with Crippen molar-refractivity contribution >= 4 is 11.9 Å². The molecule has 0 radical (unpaired) electrons. The first-order valence-corrected chi connectivity index (χ1v) is 9.77. The summed E-state index contributed by atoms with van der Waals surface area (Å²) in [4.78, 5) is 12.4. The molecule has 1 aromatic heterocycles. The number of nitrogens with zero attached hydrogens (tertiary/aromatic N) is 2. The summed E-state index contributed by atoms with van der Waals surface area (Å²) in [6.45, 7) is 6.97. The molecule has 0 saturated heterocycles. The van der Waals surface area contributed by atoms with E-state index >= 15 is 0 Å². The molecular formula is C24H26N2O3. The predicted molar refractivity (Wildman–Crippen MR) is 114 cm³/mol. The van der Waals surface area contributed by atoms with Crippen molar-refractivity contribution in [3.8, 4) is 11.5 Å². The first-order chi connectivity index (χ1) is 14.1. The number of allylic oxidation sites excluding steroid dienone is 1. The molecule has 5 nitrogen and oxygen atoms in total. The number of aromatic nitrogens is 2. The Kier molecular flexibility index (Phi) is 6.85. The minimum absolute atomic E-state index is 0.0840. The van der Waals surface area contributed by atoms with E-state index in [1.807, 2.05) is 69.3 Å². The van der Waals surface area contributed by atoms with E-state index < -0.39 is 0 Å². The van der Waals surface area contributed by atoms with Gasteiger partial charge in [0.25, 0.3) is 0 Å². The Bertz CT molecular complexity index is 975. The average Bonchev–Trinajstić information content (AvgIpc) is 3.23. The Morgan fingerprint density at radius 2 is 1.90 bits per heavy atom. The van der Waals surface area contributed by atoms with E-state index in [1.54, 1.807) is 29.2 Å². The fraction of sp³-hybridized carbons (Fsp3) is 0.250. The maximum Gasteiger partial charge on any atom is 0.189 e. The lowest BCUT2D eigenvalue weighted by atomic mass is 10.1. The Morgan fingerprint density at radius 3 is 2.59 bits per heavy atom. The zero-order chi connectivity index (χ0) is 20.6. The Balaban J connectivity index is 1.71. The standard InChI is InChI=1S/C24H26N2O3/c1-4-28-24-14-19(10-12-22(27)21-15-25-26(16-21)18(2)3)11-13-23(24)29-17-20-8-6-5-7-9-20/h5-16,18H,4,17H2,1-3H3. The molecule has 0 aliphatic carbocycles. The highest BCUT2D eigenvalue weighted by Crippen LogP contribution is 2.30. The average molecular weight is 390 g/mol. The molecule has 1 heterocycles.